The van der Waals surface area contributed by atoms with E-state index in [-0.39, 0.29) is 11.6 Å². The Kier molecular flexibility index (Phi) is 3.38. The van der Waals surface area contributed by atoms with Crippen LogP contribution >= 0.6 is 0 Å². The molecule has 0 saturated carbocycles. The summed E-state index contributed by atoms with van der Waals surface area (Å²) < 4.78 is 26.4. The summed E-state index contributed by atoms with van der Waals surface area (Å²) in [5, 5.41) is 3.03. The molecule has 1 N–H and O–H groups in total. The molecule has 0 radical (unpaired) electrons. The summed E-state index contributed by atoms with van der Waals surface area (Å²) in [6, 6.07) is 11.1. The third-order valence-electron chi connectivity index (χ3n) is 2.63. The molecule has 88 valence electrons. The van der Waals surface area contributed by atoms with Crippen LogP contribution in [0.5, 0.6) is 0 Å². The first-order valence-corrected chi connectivity index (χ1v) is 5.40. The van der Waals surface area contributed by atoms with Crippen molar-refractivity contribution in [2.24, 2.45) is 0 Å². The Morgan fingerprint density at radius 3 is 2.59 bits per heavy atom. The summed E-state index contributed by atoms with van der Waals surface area (Å²) in [4.78, 5) is 0. The van der Waals surface area contributed by atoms with Crippen LogP contribution in [0.25, 0.3) is 0 Å². The van der Waals surface area contributed by atoms with Gasteiger partial charge < -0.3 is 5.32 Å². The number of anilines is 1. The van der Waals surface area contributed by atoms with Crippen molar-refractivity contribution in [1.82, 2.24) is 0 Å². The van der Waals surface area contributed by atoms with Gasteiger partial charge in [-0.2, -0.15) is 0 Å². The van der Waals surface area contributed by atoms with Crippen LogP contribution in [0, 0.1) is 18.6 Å². The highest BCUT2D eigenvalue weighted by Gasteiger charge is 2.03. The molecule has 3 heteroatoms. The molecule has 0 fully saturated rings. The van der Waals surface area contributed by atoms with Crippen molar-refractivity contribution < 1.29 is 8.78 Å². The van der Waals surface area contributed by atoms with Crippen molar-refractivity contribution in [3.63, 3.8) is 0 Å². The number of halogens is 2. The SMILES string of the molecule is Cc1ccc(F)cc1NCc1ccccc1F. The lowest BCUT2D eigenvalue weighted by atomic mass is 10.1. The van der Waals surface area contributed by atoms with Gasteiger partial charge in [-0.1, -0.05) is 24.3 Å². The molecular formula is C14H13F2N. The van der Waals surface area contributed by atoms with Crippen molar-refractivity contribution in [1.29, 1.82) is 0 Å². The standard InChI is InChI=1S/C14H13F2N/c1-10-6-7-12(15)8-14(10)17-9-11-4-2-3-5-13(11)16/h2-8,17H,9H2,1H3. The molecule has 1 nitrogen and oxygen atoms in total. The highest BCUT2D eigenvalue weighted by atomic mass is 19.1. The van der Waals surface area contributed by atoms with Gasteiger partial charge in [-0.05, 0) is 30.7 Å². The Morgan fingerprint density at radius 2 is 1.82 bits per heavy atom. The van der Waals surface area contributed by atoms with Gasteiger partial charge >= 0.3 is 0 Å². The second kappa shape index (κ2) is 4.95. The molecule has 2 aromatic rings. The van der Waals surface area contributed by atoms with Crippen LogP contribution in [0.15, 0.2) is 42.5 Å². The first-order chi connectivity index (χ1) is 8.16. The molecular weight excluding hydrogens is 220 g/mol. The summed E-state index contributed by atoms with van der Waals surface area (Å²) in [5.41, 5.74) is 2.19. The predicted molar refractivity (Wildman–Crippen MR) is 64.9 cm³/mol. The zero-order chi connectivity index (χ0) is 12.3. The molecule has 17 heavy (non-hydrogen) atoms. The average Bonchev–Trinajstić information content (AvgIpc) is 2.32. The molecule has 0 heterocycles. The van der Waals surface area contributed by atoms with E-state index in [0.29, 0.717) is 17.8 Å². The normalized spacial score (nSPS) is 10.3. The minimum atomic E-state index is -0.299. The van der Waals surface area contributed by atoms with E-state index in [2.05, 4.69) is 5.32 Å². The fourth-order valence-corrected chi connectivity index (χ4v) is 1.62. The van der Waals surface area contributed by atoms with Crippen LogP contribution in [0.1, 0.15) is 11.1 Å². The fraction of sp³-hybridized carbons (Fsp3) is 0.143. The minimum Gasteiger partial charge on any atom is -0.381 e. The van der Waals surface area contributed by atoms with Crippen molar-refractivity contribution >= 4 is 5.69 Å². The second-order valence-electron chi connectivity index (χ2n) is 3.90. The highest BCUT2D eigenvalue weighted by Crippen LogP contribution is 2.17. The monoisotopic (exact) mass is 233 g/mol. The molecule has 0 saturated heterocycles. The van der Waals surface area contributed by atoms with Gasteiger partial charge in [0, 0.05) is 17.8 Å². The van der Waals surface area contributed by atoms with Crippen molar-refractivity contribution in [3.8, 4) is 0 Å². The lowest BCUT2D eigenvalue weighted by molar-refractivity contribution is 0.612. The molecule has 0 aliphatic carbocycles. The Morgan fingerprint density at radius 1 is 1.06 bits per heavy atom. The van der Waals surface area contributed by atoms with Crippen molar-refractivity contribution in [2.75, 3.05) is 5.32 Å². The van der Waals surface area contributed by atoms with E-state index in [9.17, 15) is 8.78 Å². The topological polar surface area (TPSA) is 12.0 Å². The zero-order valence-electron chi connectivity index (χ0n) is 9.50. The number of benzene rings is 2. The predicted octanol–water partition coefficient (Wildman–Crippen LogP) is 3.89. The highest BCUT2D eigenvalue weighted by molar-refractivity contribution is 5.51. The molecule has 0 unspecified atom stereocenters. The van der Waals surface area contributed by atoms with E-state index in [0.717, 1.165) is 5.56 Å². The van der Waals surface area contributed by atoms with Crippen molar-refractivity contribution in [2.45, 2.75) is 13.5 Å². The second-order valence-corrected chi connectivity index (χ2v) is 3.90. The van der Waals surface area contributed by atoms with E-state index >= 15 is 0 Å². The molecule has 0 spiro atoms. The Bertz CT molecular complexity index is 523. The molecule has 0 aliphatic heterocycles. The number of hydrogen-bond acceptors (Lipinski definition) is 1. The third kappa shape index (κ3) is 2.81. The van der Waals surface area contributed by atoms with Crippen LogP contribution in [0.4, 0.5) is 14.5 Å². The van der Waals surface area contributed by atoms with Crippen LogP contribution in [-0.2, 0) is 6.54 Å². The molecule has 0 atom stereocenters. The maximum atomic E-state index is 13.4. The maximum Gasteiger partial charge on any atom is 0.128 e. The quantitative estimate of drug-likeness (QED) is 0.848. The van der Waals surface area contributed by atoms with E-state index in [1.165, 1.54) is 18.2 Å². The van der Waals surface area contributed by atoms with Gasteiger partial charge in [0.1, 0.15) is 11.6 Å². The number of rotatable bonds is 3. The van der Waals surface area contributed by atoms with Crippen LogP contribution in [0.2, 0.25) is 0 Å². The summed E-state index contributed by atoms with van der Waals surface area (Å²) in [7, 11) is 0. The molecule has 2 aromatic carbocycles. The van der Waals surface area contributed by atoms with Gasteiger partial charge in [-0.3, -0.25) is 0 Å². The molecule has 2 rings (SSSR count). The summed E-state index contributed by atoms with van der Waals surface area (Å²) >= 11 is 0. The van der Waals surface area contributed by atoms with Crippen LogP contribution in [-0.4, -0.2) is 0 Å². The number of hydrogen-bond donors (Lipinski definition) is 1. The molecule has 0 amide bonds. The largest absolute Gasteiger partial charge is 0.381 e. The van der Waals surface area contributed by atoms with E-state index < -0.39 is 0 Å². The van der Waals surface area contributed by atoms with Gasteiger partial charge in [0.05, 0.1) is 0 Å². The first kappa shape index (κ1) is 11.6. The van der Waals surface area contributed by atoms with Gasteiger partial charge in [-0.15, -0.1) is 0 Å². The molecule has 0 aromatic heterocycles. The summed E-state index contributed by atoms with van der Waals surface area (Å²) in [5.74, 6) is -0.555. The van der Waals surface area contributed by atoms with Gasteiger partial charge in [0.25, 0.3) is 0 Å². The molecule has 0 bridgehead atoms. The minimum absolute atomic E-state index is 0.256. The summed E-state index contributed by atoms with van der Waals surface area (Å²) in [6.07, 6.45) is 0. The Hall–Kier alpha value is -1.90. The van der Waals surface area contributed by atoms with Gasteiger partial charge in [-0.25, -0.2) is 8.78 Å². The van der Waals surface area contributed by atoms with Crippen molar-refractivity contribution in [3.05, 3.63) is 65.2 Å². The van der Waals surface area contributed by atoms with Crippen LogP contribution in [0.3, 0.4) is 0 Å². The first-order valence-electron chi connectivity index (χ1n) is 5.40. The Balaban J connectivity index is 2.12. The lowest BCUT2D eigenvalue weighted by Crippen LogP contribution is -2.03. The number of aryl methyl sites for hydroxylation is 1. The van der Waals surface area contributed by atoms with E-state index in [1.807, 2.05) is 6.92 Å². The number of nitrogens with one attached hydrogen (secondary N) is 1. The third-order valence-corrected chi connectivity index (χ3v) is 2.63. The maximum absolute atomic E-state index is 13.4. The van der Waals surface area contributed by atoms with E-state index in [4.69, 9.17) is 0 Å². The molecule has 0 aliphatic rings. The summed E-state index contributed by atoms with van der Waals surface area (Å²) in [6.45, 7) is 2.22. The van der Waals surface area contributed by atoms with Gasteiger partial charge in [0.15, 0.2) is 0 Å². The zero-order valence-corrected chi connectivity index (χ0v) is 9.50. The van der Waals surface area contributed by atoms with Gasteiger partial charge in [0.2, 0.25) is 0 Å². The lowest BCUT2D eigenvalue weighted by Gasteiger charge is -2.10. The average molecular weight is 233 g/mol. The fourth-order valence-electron chi connectivity index (χ4n) is 1.62. The smallest absolute Gasteiger partial charge is 0.128 e. The van der Waals surface area contributed by atoms with E-state index in [1.54, 1.807) is 24.3 Å². The van der Waals surface area contributed by atoms with Crippen LogP contribution < -0.4 is 5.32 Å². The Labute approximate surface area is 99.1 Å².